The van der Waals surface area contributed by atoms with Gasteiger partial charge in [0.15, 0.2) is 0 Å². The monoisotopic (exact) mass is 144 g/mol. The Morgan fingerprint density at radius 3 is 3.00 bits per heavy atom. The predicted molar refractivity (Wildman–Crippen MR) is 36.0 cm³/mol. The summed E-state index contributed by atoms with van der Waals surface area (Å²) in [5.41, 5.74) is 2.62. The SMILES string of the molecule is CC(O)CN1CCC(=O)N1. The maximum atomic E-state index is 10.6. The Labute approximate surface area is 59.8 Å². The molecule has 1 fully saturated rings. The first-order valence-electron chi connectivity index (χ1n) is 3.41. The van der Waals surface area contributed by atoms with E-state index < -0.39 is 0 Å². The van der Waals surface area contributed by atoms with E-state index in [1.807, 2.05) is 0 Å². The van der Waals surface area contributed by atoms with Crippen LogP contribution in [0.2, 0.25) is 0 Å². The minimum Gasteiger partial charge on any atom is -0.392 e. The number of hydrogen-bond acceptors (Lipinski definition) is 3. The lowest BCUT2D eigenvalue weighted by molar-refractivity contribution is -0.121. The molecule has 4 heteroatoms. The van der Waals surface area contributed by atoms with E-state index in [9.17, 15) is 4.79 Å². The Balaban J connectivity index is 2.24. The maximum Gasteiger partial charge on any atom is 0.235 e. The normalized spacial score (nSPS) is 22.8. The molecule has 1 heterocycles. The summed E-state index contributed by atoms with van der Waals surface area (Å²) in [5.74, 6) is 0.0423. The minimum absolute atomic E-state index is 0.0423. The summed E-state index contributed by atoms with van der Waals surface area (Å²) in [6.45, 7) is 2.93. The van der Waals surface area contributed by atoms with Gasteiger partial charge in [-0.05, 0) is 6.92 Å². The molecule has 1 aliphatic heterocycles. The number of carbonyl (C=O) groups is 1. The minimum atomic E-state index is -0.376. The van der Waals surface area contributed by atoms with Gasteiger partial charge in [-0.2, -0.15) is 0 Å². The Bertz CT molecular complexity index is 136. The van der Waals surface area contributed by atoms with Gasteiger partial charge in [-0.15, -0.1) is 0 Å². The molecule has 1 amide bonds. The molecule has 0 aromatic carbocycles. The van der Waals surface area contributed by atoms with Gasteiger partial charge >= 0.3 is 0 Å². The Hall–Kier alpha value is -0.610. The number of rotatable bonds is 2. The summed E-state index contributed by atoms with van der Waals surface area (Å²) < 4.78 is 0. The topological polar surface area (TPSA) is 52.6 Å². The summed E-state index contributed by atoms with van der Waals surface area (Å²) in [7, 11) is 0. The Kier molecular flexibility index (Phi) is 2.24. The van der Waals surface area contributed by atoms with Crippen molar-refractivity contribution in [2.45, 2.75) is 19.4 Å². The van der Waals surface area contributed by atoms with Crippen molar-refractivity contribution in [3.05, 3.63) is 0 Å². The number of hydrogen-bond donors (Lipinski definition) is 2. The zero-order chi connectivity index (χ0) is 7.56. The van der Waals surface area contributed by atoms with E-state index in [1.54, 1.807) is 11.9 Å². The molecular weight excluding hydrogens is 132 g/mol. The van der Waals surface area contributed by atoms with E-state index in [2.05, 4.69) is 5.43 Å². The van der Waals surface area contributed by atoms with Gasteiger partial charge in [0.05, 0.1) is 6.10 Å². The first-order valence-corrected chi connectivity index (χ1v) is 3.41. The van der Waals surface area contributed by atoms with E-state index in [4.69, 9.17) is 5.11 Å². The number of amides is 1. The summed E-state index contributed by atoms with van der Waals surface area (Å²) in [4.78, 5) is 10.6. The van der Waals surface area contributed by atoms with Gasteiger partial charge in [0.2, 0.25) is 5.91 Å². The molecule has 1 rings (SSSR count). The molecule has 4 nitrogen and oxygen atoms in total. The van der Waals surface area contributed by atoms with Crippen LogP contribution in [0.3, 0.4) is 0 Å². The molecule has 0 aliphatic carbocycles. The molecule has 0 radical (unpaired) electrons. The highest BCUT2D eigenvalue weighted by Crippen LogP contribution is 1.98. The molecule has 1 unspecified atom stereocenters. The molecule has 0 saturated carbocycles. The third-order valence-corrected chi connectivity index (χ3v) is 1.38. The number of β-amino-alcohol motifs (C(OH)–C–C–N with tert-alkyl or cyclic N) is 1. The van der Waals surface area contributed by atoms with Gasteiger partial charge in [-0.25, -0.2) is 5.01 Å². The van der Waals surface area contributed by atoms with Gasteiger partial charge in [-0.1, -0.05) is 0 Å². The van der Waals surface area contributed by atoms with Gasteiger partial charge in [0.1, 0.15) is 0 Å². The van der Waals surface area contributed by atoms with E-state index in [-0.39, 0.29) is 12.0 Å². The van der Waals surface area contributed by atoms with Crippen molar-refractivity contribution in [1.82, 2.24) is 10.4 Å². The van der Waals surface area contributed by atoms with E-state index >= 15 is 0 Å². The van der Waals surface area contributed by atoms with Crippen molar-refractivity contribution in [3.63, 3.8) is 0 Å². The number of hydrazine groups is 1. The summed E-state index contributed by atoms with van der Waals surface area (Å²) in [5, 5.41) is 10.6. The summed E-state index contributed by atoms with van der Waals surface area (Å²) >= 11 is 0. The van der Waals surface area contributed by atoms with Crippen LogP contribution in [0.1, 0.15) is 13.3 Å². The smallest absolute Gasteiger partial charge is 0.235 e. The Morgan fingerprint density at radius 2 is 2.60 bits per heavy atom. The predicted octanol–water partition coefficient (Wildman–Crippen LogP) is -0.896. The quantitative estimate of drug-likeness (QED) is 0.528. The third-order valence-electron chi connectivity index (χ3n) is 1.38. The van der Waals surface area contributed by atoms with Crippen LogP contribution in [-0.2, 0) is 4.79 Å². The van der Waals surface area contributed by atoms with Crippen molar-refractivity contribution < 1.29 is 9.90 Å². The molecule has 0 aromatic rings. The molecule has 1 saturated heterocycles. The lowest BCUT2D eigenvalue weighted by atomic mass is 10.4. The van der Waals surface area contributed by atoms with Crippen LogP contribution in [-0.4, -0.2) is 35.2 Å². The van der Waals surface area contributed by atoms with Gasteiger partial charge in [0.25, 0.3) is 0 Å². The number of nitrogens with one attached hydrogen (secondary N) is 1. The van der Waals surface area contributed by atoms with Crippen molar-refractivity contribution in [2.75, 3.05) is 13.1 Å². The van der Waals surface area contributed by atoms with Crippen molar-refractivity contribution in [3.8, 4) is 0 Å². The van der Waals surface area contributed by atoms with E-state index in [0.29, 0.717) is 19.5 Å². The van der Waals surface area contributed by atoms with Crippen LogP contribution in [0.25, 0.3) is 0 Å². The largest absolute Gasteiger partial charge is 0.392 e. The van der Waals surface area contributed by atoms with Crippen molar-refractivity contribution in [2.24, 2.45) is 0 Å². The van der Waals surface area contributed by atoms with Gasteiger partial charge in [0, 0.05) is 19.5 Å². The molecule has 0 aromatic heterocycles. The van der Waals surface area contributed by atoms with E-state index in [0.717, 1.165) is 0 Å². The van der Waals surface area contributed by atoms with Crippen LogP contribution in [0, 0.1) is 0 Å². The number of aliphatic hydroxyl groups is 1. The van der Waals surface area contributed by atoms with Crippen LogP contribution in [0.4, 0.5) is 0 Å². The first kappa shape index (κ1) is 7.50. The second-order valence-corrected chi connectivity index (χ2v) is 2.58. The van der Waals surface area contributed by atoms with Crippen LogP contribution in [0.5, 0.6) is 0 Å². The van der Waals surface area contributed by atoms with E-state index in [1.165, 1.54) is 0 Å². The van der Waals surface area contributed by atoms with Crippen molar-refractivity contribution in [1.29, 1.82) is 0 Å². The lowest BCUT2D eigenvalue weighted by Crippen LogP contribution is -2.37. The highest BCUT2D eigenvalue weighted by atomic mass is 16.3. The molecular formula is C6H12N2O2. The Morgan fingerprint density at radius 1 is 1.90 bits per heavy atom. The first-order chi connectivity index (χ1) is 4.68. The van der Waals surface area contributed by atoms with Gasteiger partial charge in [-0.3, -0.25) is 10.2 Å². The molecule has 10 heavy (non-hydrogen) atoms. The third kappa shape index (κ3) is 1.97. The molecule has 58 valence electrons. The molecule has 2 N–H and O–H groups in total. The van der Waals surface area contributed by atoms with Crippen LogP contribution in [0.15, 0.2) is 0 Å². The lowest BCUT2D eigenvalue weighted by Gasteiger charge is -2.15. The van der Waals surface area contributed by atoms with Gasteiger partial charge < -0.3 is 5.11 Å². The second-order valence-electron chi connectivity index (χ2n) is 2.58. The molecule has 1 aliphatic rings. The fourth-order valence-electron chi connectivity index (χ4n) is 0.981. The molecule has 1 atom stereocenters. The summed E-state index contributed by atoms with van der Waals surface area (Å²) in [6, 6.07) is 0. The fraction of sp³-hybridized carbons (Fsp3) is 0.833. The standard InChI is InChI=1S/C6H12N2O2/c1-5(9)4-8-3-2-6(10)7-8/h5,9H,2-4H2,1H3,(H,7,10). The second kappa shape index (κ2) is 2.98. The number of nitrogens with zero attached hydrogens (tertiary/aromatic N) is 1. The number of aliphatic hydroxyl groups excluding tert-OH is 1. The number of carbonyl (C=O) groups excluding carboxylic acids is 1. The van der Waals surface area contributed by atoms with Crippen molar-refractivity contribution >= 4 is 5.91 Å². The fourth-order valence-corrected chi connectivity index (χ4v) is 0.981. The average Bonchev–Trinajstić information content (AvgIpc) is 2.13. The zero-order valence-electron chi connectivity index (χ0n) is 6.00. The highest BCUT2D eigenvalue weighted by Gasteiger charge is 2.18. The zero-order valence-corrected chi connectivity index (χ0v) is 6.00. The van der Waals surface area contributed by atoms with Crippen LogP contribution >= 0.6 is 0 Å². The highest BCUT2D eigenvalue weighted by molar-refractivity contribution is 5.77. The summed E-state index contributed by atoms with van der Waals surface area (Å²) in [6.07, 6.45) is 0.172. The van der Waals surface area contributed by atoms with Crippen LogP contribution < -0.4 is 5.43 Å². The maximum absolute atomic E-state index is 10.6. The molecule has 0 spiro atoms. The molecule has 0 bridgehead atoms. The average molecular weight is 144 g/mol.